The normalized spacial score (nSPS) is 19.0. The number of carbonyl (C=O) groups excluding carboxylic acids is 1. The number of sulfonamides is 1. The number of nitrogens with one attached hydrogen (secondary N) is 1. The molecule has 0 spiro atoms. The molecule has 8 heteroatoms. The number of pyridine rings is 1. The summed E-state index contributed by atoms with van der Waals surface area (Å²) < 4.78 is 26.4. The highest BCUT2D eigenvalue weighted by molar-refractivity contribution is 7.89. The highest BCUT2D eigenvalue weighted by atomic mass is 32.2. The first-order valence-electron chi connectivity index (χ1n) is 8.22. The van der Waals surface area contributed by atoms with Crippen LogP contribution in [0.2, 0.25) is 0 Å². The summed E-state index contributed by atoms with van der Waals surface area (Å²) in [4.78, 5) is 18.1. The molecule has 1 aliphatic rings. The molecule has 134 valence electrons. The fraction of sp³-hybridized carbons (Fsp3) is 0.625. The van der Waals surface area contributed by atoms with E-state index < -0.39 is 10.0 Å². The van der Waals surface area contributed by atoms with Gasteiger partial charge in [0.15, 0.2) is 0 Å². The van der Waals surface area contributed by atoms with Crippen molar-refractivity contribution in [1.29, 1.82) is 0 Å². The van der Waals surface area contributed by atoms with Crippen molar-refractivity contribution in [2.24, 2.45) is 0 Å². The molecule has 1 aromatic heterocycles. The summed E-state index contributed by atoms with van der Waals surface area (Å²) in [5, 5.41) is 2.68. The first-order chi connectivity index (χ1) is 11.3. The van der Waals surface area contributed by atoms with Crippen LogP contribution in [-0.4, -0.2) is 62.6 Å². The third-order valence-corrected chi connectivity index (χ3v) is 6.19. The minimum atomic E-state index is -3.33. The molecule has 0 saturated carbocycles. The zero-order valence-corrected chi connectivity index (χ0v) is 15.3. The summed E-state index contributed by atoms with van der Waals surface area (Å²) in [5.41, 5.74) is 0.470. The summed E-state index contributed by atoms with van der Waals surface area (Å²) in [5.74, 6) is 0.314. The van der Waals surface area contributed by atoms with Gasteiger partial charge in [-0.3, -0.25) is 4.79 Å². The molecule has 0 aromatic carbocycles. The van der Waals surface area contributed by atoms with Gasteiger partial charge in [0, 0.05) is 45.0 Å². The van der Waals surface area contributed by atoms with Crippen molar-refractivity contribution in [2.45, 2.75) is 32.2 Å². The van der Waals surface area contributed by atoms with Crippen LogP contribution in [0.1, 0.15) is 36.5 Å². The fourth-order valence-electron chi connectivity index (χ4n) is 2.80. The van der Waals surface area contributed by atoms with Gasteiger partial charge in [0.2, 0.25) is 10.0 Å². The Labute approximate surface area is 144 Å². The Hall–Kier alpha value is -1.67. The number of hydrogen-bond donors (Lipinski definition) is 1. The maximum absolute atomic E-state index is 12.4. The van der Waals surface area contributed by atoms with E-state index in [1.165, 1.54) is 0 Å². The topological polar surface area (TPSA) is 82.6 Å². The third kappa shape index (κ3) is 4.67. The molecule has 1 saturated heterocycles. The van der Waals surface area contributed by atoms with Crippen LogP contribution in [-0.2, 0) is 10.0 Å². The van der Waals surface area contributed by atoms with E-state index in [-0.39, 0.29) is 24.2 Å². The van der Waals surface area contributed by atoms with E-state index in [1.54, 1.807) is 27.5 Å². The van der Waals surface area contributed by atoms with Crippen LogP contribution >= 0.6 is 0 Å². The number of hydrogen-bond acceptors (Lipinski definition) is 5. The minimum Gasteiger partial charge on any atom is -0.363 e. The van der Waals surface area contributed by atoms with Crippen LogP contribution in [0.5, 0.6) is 0 Å². The van der Waals surface area contributed by atoms with Gasteiger partial charge in [0.1, 0.15) is 5.82 Å². The summed E-state index contributed by atoms with van der Waals surface area (Å²) in [6.45, 7) is 2.62. The molecule has 0 unspecified atom stereocenters. The number of carbonyl (C=O) groups is 1. The number of rotatable bonds is 6. The van der Waals surface area contributed by atoms with Crippen molar-refractivity contribution >= 4 is 21.7 Å². The molecule has 24 heavy (non-hydrogen) atoms. The number of amides is 1. The van der Waals surface area contributed by atoms with Gasteiger partial charge in [-0.05, 0) is 31.9 Å². The average molecular weight is 354 g/mol. The van der Waals surface area contributed by atoms with E-state index in [4.69, 9.17) is 0 Å². The number of aromatic nitrogens is 1. The second-order valence-electron chi connectivity index (χ2n) is 6.32. The molecule has 1 N–H and O–H groups in total. The molecule has 1 aliphatic heterocycles. The lowest BCUT2D eigenvalue weighted by atomic mass is 10.1. The first kappa shape index (κ1) is 18.7. The van der Waals surface area contributed by atoms with Gasteiger partial charge >= 0.3 is 0 Å². The summed E-state index contributed by atoms with van der Waals surface area (Å²) in [7, 11) is 0.353. The zero-order chi connectivity index (χ0) is 17.7. The van der Waals surface area contributed by atoms with E-state index in [0.717, 1.165) is 19.3 Å². The van der Waals surface area contributed by atoms with E-state index in [1.807, 2.05) is 21.0 Å². The van der Waals surface area contributed by atoms with Gasteiger partial charge < -0.3 is 10.2 Å². The Kier molecular flexibility index (Phi) is 6.17. The van der Waals surface area contributed by atoms with Crippen molar-refractivity contribution in [3.63, 3.8) is 0 Å². The molecule has 7 nitrogen and oxygen atoms in total. The summed E-state index contributed by atoms with van der Waals surface area (Å²) in [6.07, 6.45) is 4.44. The fourth-order valence-corrected chi connectivity index (χ4v) is 4.46. The van der Waals surface area contributed by atoms with Gasteiger partial charge in [0.25, 0.3) is 5.91 Å². The molecule has 2 rings (SSSR count). The lowest BCUT2D eigenvalue weighted by Crippen LogP contribution is -2.45. The molecule has 1 aromatic rings. The monoisotopic (exact) mass is 354 g/mol. The highest BCUT2D eigenvalue weighted by Gasteiger charge is 2.29. The van der Waals surface area contributed by atoms with Crippen LogP contribution in [0.4, 0.5) is 5.82 Å². The van der Waals surface area contributed by atoms with Crippen LogP contribution in [0, 0.1) is 0 Å². The molecule has 1 fully saturated rings. The van der Waals surface area contributed by atoms with E-state index in [9.17, 15) is 13.2 Å². The Morgan fingerprint density at radius 1 is 1.42 bits per heavy atom. The maximum Gasteiger partial charge on any atom is 0.251 e. The van der Waals surface area contributed by atoms with Crippen molar-refractivity contribution in [1.82, 2.24) is 14.6 Å². The van der Waals surface area contributed by atoms with E-state index in [2.05, 4.69) is 10.3 Å². The Morgan fingerprint density at radius 2 is 2.17 bits per heavy atom. The Morgan fingerprint density at radius 3 is 2.83 bits per heavy atom. The SMILES string of the molecule is C[C@@H]1CCCCN1S(=O)(=O)CCNC(=O)c1ccnc(N(C)C)c1. The van der Waals surface area contributed by atoms with Crippen molar-refractivity contribution in [3.8, 4) is 0 Å². The van der Waals surface area contributed by atoms with Crippen LogP contribution in [0.3, 0.4) is 0 Å². The van der Waals surface area contributed by atoms with Gasteiger partial charge in [-0.25, -0.2) is 13.4 Å². The maximum atomic E-state index is 12.4. The quantitative estimate of drug-likeness (QED) is 0.827. The molecule has 0 aliphatic carbocycles. The number of anilines is 1. The van der Waals surface area contributed by atoms with E-state index in [0.29, 0.717) is 17.9 Å². The van der Waals surface area contributed by atoms with Crippen LogP contribution in [0.15, 0.2) is 18.3 Å². The molecule has 0 radical (unpaired) electrons. The Bertz CT molecular complexity index is 676. The largest absolute Gasteiger partial charge is 0.363 e. The zero-order valence-electron chi connectivity index (χ0n) is 14.5. The van der Waals surface area contributed by atoms with E-state index >= 15 is 0 Å². The van der Waals surface area contributed by atoms with Gasteiger partial charge in [0.05, 0.1) is 5.75 Å². The molecule has 2 heterocycles. The summed E-state index contributed by atoms with van der Waals surface area (Å²) >= 11 is 0. The minimum absolute atomic E-state index is 0.0438. The van der Waals surface area contributed by atoms with Gasteiger partial charge in [-0.1, -0.05) is 6.42 Å². The van der Waals surface area contributed by atoms with Crippen LogP contribution < -0.4 is 10.2 Å². The number of piperidine rings is 1. The van der Waals surface area contributed by atoms with Crippen molar-refractivity contribution < 1.29 is 13.2 Å². The molecule has 1 atom stereocenters. The van der Waals surface area contributed by atoms with Crippen molar-refractivity contribution in [3.05, 3.63) is 23.9 Å². The first-order valence-corrected chi connectivity index (χ1v) is 9.83. The second-order valence-corrected chi connectivity index (χ2v) is 8.37. The highest BCUT2D eigenvalue weighted by Crippen LogP contribution is 2.20. The summed E-state index contributed by atoms with van der Waals surface area (Å²) in [6, 6.07) is 3.34. The van der Waals surface area contributed by atoms with Crippen molar-refractivity contribution in [2.75, 3.05) is 37.8 Å². The molecular weight excluding hydrogens is 328 g/mol. The van der Waals surface area contributed by atoms with Crippen LogP contribution in [0.25, 0.3) is 0 Å². The standard InChI is InChI=1S/C16H26N4O3S/c1-13-6-4-5-10-20(13)24(22,23)11-9-18-16(21)14-7-8-17-15(12-14)19(2)3/h7-8,12-13H,4-6,9-11H2,1-3H3,(H,18,21)/t13-/m1/s1. The molecule has 1 amide bonds. The predicted molar refractivity (Wildman–Crippen MR) is 94.7 cm³/mol. The van der Waals surface area contributed by atoms with Gasteiger partial charge in [-0.15, -0.1) is 0 Å². The second kappa shape index (κ2) is 7.94. The lowest BCUT2D eigenvalue weighted by Gasteiger charge is -2.32. The Balaban J connectivity index is 1.91. The van der Waals surface area contributed by atoms with Gasteiger partial charge in [-0.2, -0.15) is 4.31 Å². The smallest absolute Gasteiger partial charge is 0.251 e. The average Bonchev–Trinajstić information content (AvgIpc) is 2.55. The third-order valence-electron chi connectivity index (χ3n) is 4.21. The lowest BCUT2D eigenvalue weighted by molar-refractivity contribution is 0.0956. The number of nitrogens with zero attached hydrogens (tertiary/aromatic N) is 3. The predicted octanol–water partition coefficient (Wildman–Crippen LogP) is 1.08. The molecule has 0 bridgehead atoms. The molecular formula is C16H26N4O3S.